The van der Waals surface area contributed by atoms with Gasteiger partial charge in [0, 0.05) is 37.7 Å². The molecule has 1 aliphatic heterocycles. The van der Waals surface area contributed by atoms with Gasteiger partial charge in [-0.2, -0.15) is 5.10 Å². The number of nitrogens with one attached hydrogen (secondary N) is 1. The molecule has 144 valence electrons. The summed E-state index contributed by atoms with van der Waals surface area (Å²) in [5, 5.41) is 7.86. The molecule has 1 aromatic heterocycles. The zero-order chi connectivity index (χ0) is 18.8. The van der Waals surface area contributed by atoms with E-state index in [-0.39, 0.29) is 12.1 Å². The summed E-state index contributed by atoms with van der Waals surface area (Å²) in [5.41, 5.74) is 3.28. The van der Waals surface area contributed by atoms with Gasteiger partial charge in [-0.3, -0.25) is 4.68 Å². The molecular weight excluding hydrogens is 336 g/mol. The molecule has 2 amide bonds. The van der Waals surface area contributed by atoms with Crippen molar-refractivity contribution in [2.24, 2.45) is 7.05 Å². The molecule has 4 rings (SSSR count). The lowest BCUT2D eigenvalue weighted by Gasteiger charge is -2.26. The second-order valence-electron chi connectivity index (χ2n) is 8.11. The second-order valence-corrected chi connectivity index (χ2v) is 8.11. The number of benzene rings is 1. The van der Waals surface area contributed by atoms with Gasteiger partial charge in [-0.25, -0.2) is 4.79 Å². The first-order chi connectivity index (χ1) is 13.1. The minimum absolute atomic E-state index is 0.00555. The first-order valence-corrected chi connectivity index (χ1v) is 10.3. The van der Waals surface area contributed by atoms with Crippen LogP contribution in [0.2, 0.25) is 0 Å². The van der Waals surface area contributed by atoms with Crippen molar-refractivity contribution in [1.29, 1.82) is 0 Å². The van der Waals surface area contributed by atoms with Crippen LogP contribution in [0.25, 0.3) is 0 Å². The van der Waals surface area contributed by atoms with Gasteiger partial charge >= 0.3 is 6.03 Å². The number of likely N-dealkylation sites (tertiary alicyclic amines) is 1. The summed E-state index contributed by atoms with van der Waals surface area (Å²) >= 11 is 0. The van der Waals surface area contributed by atoms with Crippen LogP contribution in [0.3, 0.4) is 0 Å². The standard InChI is InChI=1S/C22H30N4O/c1-16-19(17-9-5-3-6-10-17)13-14-26(16)22(27)23-20-15-25(2)24-21(20)18-11-7-4-8-12-18/h3,5-6,9-10,15-16,18-19H,4,7-8,11-14H2,1-2H3,(H,23,27). The van der Waals surface area contributed by atoms with Gasteiger partial charge in [0.1, 0.15) is 0 Å². The average molecular weight is 367 g/mol. The van der Waals surface area contributed by atoms with Gasteiger partial charge in [-0.15, -0.1) is 0 Å². The normalized spacial score (nSPS) is 23.6. The number of carbonyl (C=O) groups is 1. The van der Waals surface area contributed by atoms with Crippen molar-refractivity contribution in [2.75, 3.05) is 11.9 Å². The summed E-state index contributed by atoms with van der Waals surface area (Å²) in [5.74, 6) is 0.881. The third-order valence-corrected chi connectivity index (χ3v) is 6.33. The van der Waals surface area contributed by atoms with Gasteiger partial charge in [0.2, 0.25) is 0 Å². The fourth-order valence-corrected chi connectivity index (χ4v) is 4.84. The van der Waals surface area contributed by atoms with Crippen molar-refractivity contribution in [3.05, 3.63) is 47.8 Å². The number of aromatic nitrogens is 2. The minimum Gasteiger partial charge on any atom is -0.321 e. The summed E-state index contributed by atoms with van der Waals surface area (Å²) in [7, 11) is 1.94. The third-order valence-electron chi connectivity index (χ3n) is 6.33. The molecule has 5 nitrogen and oxygen atoms in total. The SMILES string of the molecule is CC1C(c2ccccc2)CCN1C(=O)Nc1cn(C)nc1C1CCCCC1. The van der Waals surface area contributed by atoms with E-state index >= 15 is 0 Å². The zero-order valence-electron chi connectivity index (χ0n) is 16.4. The predicted molar refractivity (Wildman–Crippen MR) is 108 cm³/mol. The molecule has 2 atom stereocenters. The van der Waals surface area contributed by atoms with Crippen molar-refractivity contribution in [3.63, 3.8) is 0 Å². The van der Waals surface area contributed by atoms with Gasteiger partial charge < -0.3 is 10.2 Å². The second kappa shape index (κ2) is 7.75. The van der Waals surface area contributed by atoms with Crippen LogP contribution in [0.5, 0.6) is 0 Å². The Morgan fingerprint density at radius 2 is 1.85 bits per heavy atom. The van der Waals surface area contributed by atoms with Crippen molar-refractivity contribution in [2.45, 2.75) is 63.3 Å². The molecule has 1 saturated carbocycles. The molecule has 1 aromatic carbocycles. The van der Waals surface area contributed by atoms with Crippen molar-refractivity contribution < 1.29 is 4.79 Å². The molecule has 5 heteroatoms. The number of anilines is 1. The molecule has 2 unspecified atom stereocenters. The van der Waals surface area contributed by atoms with Crippen LogP contribution in [0.1, 0.15) is 68.5 Å². The predicted octanol–water partition coefficient (Wildman–Crippen LogP) is 4.88. The minimum atomic E-state index is 0.00555. The van der Waals surface area contributed by atoms with Crippen molar-refractivity contribution >= 4 is 11.7 Å². The van der Waals surface area contributed by atoms with Gasteiger partial charge in [0.15, 0.2) is 0 Å². The molecule has 0 radical (unpaired) electrons. The Morgan fingerprint density at radius 1 is 1.11 bits per heavy atom. The van der Waals surface area contributed by atoms with Crippen LogP contribution >= 0.6 is 0 Å². The van der Waals surface area contributed by atoms with E-state index in [0.717, 1.165) is 24.3 Å². The highest BCUT2D eigenvalue weighted by Crippen LogP contribution is 2.37. The summed E-state index contributed by atoms with van der Waals surface area (Å²) in [6, 6.07) is 10.7. The number of amides is 2. The summed E-state index contributed by atoms with van der Waals surface area (Å²) < 4.78 is 1.83. The van der Waals surface area contributed by atoms with Gasteiger partial charge in [0.25, 0.3) is 0 Å². The quantitative estimate of drug-likeness (QED) is 0.842. The largest absolute Gasteiger partial charge is 0.322 e. The van der Waals surface area contributed by atoms with E-state index in [1.807, 2.05) is 28.9 Å². The van der Waals surface area contributed by atoms with E-state index in [4.69, 9.17) is 0 Å². The fourth-order valence-electron chi connectivity index (χ4n) is 4.84. The monoisotopic (exact) mass is 366 g/mol. The number of rotatable bonds is 3. The molecule has 1 saturated heterocycles. The maximum absolute atomic E-state index is 13.0. The first-order valence-electron chi connectivity index (χ1n) is 10.3. The fraction of sp³-hybridized carbons (Fsp3) is 0.545. The number of aryl methyl sites for hydroxylation is 1. The smallest absolute Gasteiger partial charge is 0.321 e. The van der Waals surface area contributed by atoms with Crippen LogP contribution < -0.4 is 5.32 Å². The third kappa shape index (κ3) is 3.73. The van der Waals surface area contributed by atoms with E-state index in [1.54, 1.807) is 0 Å². The Bertz CT molecular complexity index is 779. The number of urea groups is 1. The van der Waals surface area contributed by atoms with E-state index < -0.39 is 0 Å². The Morgan fingerprint density at radius 3 is 2.59 bits per heavy atom. The highest BCUT2D eigenvalue weighted by Gasteiger charge is 2.35. The van der Waals surface area contributed by atoms with Crippen LogP contribution in [0, 0.1) is 0 Å². The number of carbonyl (C=O) groups excluding carboxylic acids is 1. The summed E-state index contributed by atoms with van der Waals surface area (Å²) in [6.07, 6.45) is 9.16. The van der Waals surface area contributed by atoms with E-state index in [2.05, 4.69) is 41.6 Å². The zero-order valence-corrected chi connectivity index (χ0v) is 16.4. The Balaban J connectivity index is 1.47. The van der Waals surface area contributed by atoms with E-state index in [1.165, 1.54) is 37.7 Å². The molecule has 0 bridgehead atoms. The summed E-state index contributed by atoms with van der Waals surface area (Å²) in [6.45, 7) is 2.96. The molecule has 1 N–H and O–H groups in total. The van der Waals surface area contributed by atoms with Gasteiger partial charge in [-0.1, -0.05) is 49.6 Å². The lowest BCUT2D eigenvalue weighted by molar-refractivity contribution is 0.208. The molecule has 2 heterocycles. The van der Waals surface area contributed by atoms with Crippen molar-refractivity contribution in [3.8, 4) is 0 Å². The maximum Gasteiger partial charge on any atom is 0.322 e. The first kappa shape index (κ1) is 18.1. The van der Waals surface area contributed by atoms with Crippen LogP contribution in [-0.4, -0.2) is 33.3 Å². The maximum atomic E-state index is 13.0. The molecule has 2 aromatic rings. The molecule has 2 fully saturated rings. The van der Waals surface area contributed by atoms with Crippen molar-refractivity contribution in [1.82, 2.24) is 14.7 Å². The molecule has 0 spiro atoms. The topological polar surface area (TPSA) is 50.2 Å². The summed E-state index contributed by atoms with van der Waals surface area (Å²) in [4.78, 5) is 15.0. The highest BCUT2D eigenvalue weighted by molar-refractivity contribution is 5.90. The van der Waals surface area contributed by atoms with Crippen LogP contribution in [0.4, 0.5) is 10.5 Å². The Kier molecular flexibility index (Phi) is 5.19. The molecule has 1 aliphatic carbocycles. The lowest BCUT2D eigenvalue weighted by atomic mass is 9.86. The molecular formula is C22H30N4O. The van der Waals surface area contributed by atoms with Crippen LogP contribution in [-0.2, 0) is 7.05 Å². The molecule has 27 heavy (non-hydrogen) atoms. The number of hydrogen-bond acceptors (Lipinski definition) is 2. The van der Waals surface area contributed by atoms with E-state index in [0.29, 0.717) is 11.8 Å². The average Bonchev–Trinajstić information content (AvgIpc) is 3.25. The number of hydrogen-bond donors (Lipinski definition) is 1. The lowest BCUT2D eigenvalue weighted by Crippen LogP contribution is -2.38. The van der Waals surface area contributed by atoms with Gasteiger partial charge in [0.05, 0.1) is 11.4 Å². The molecule has 2 aliphatic rings. The van der Waals surface area contributed by atoms with Gasteiger partial charge in [-0.05, 0) is 31.7 Å². The van der Waals surface area contributed by atoms with Crippen LogP contribution in [0.15, 0.2) is 36.5 Å². The Hall–Kier alpha value is -2.30. The highest BCUT2D eigenvalue weighted by atomic mass is 16.2. The Labute approximate surface area is 161 Å². The number of nitrogens with zero attached hydrogens (tertiary/aromatic N) is 3. The van der Waals surface area contributed by atoms with E-state index in [9.17, 15) is 4.79 Å².